The SMILES string of the molecule is N#Cc1ccccc1I.[H-].[K+]. The summed E-state index contributed by atoms with van der Waals surface area (Å²) in [6, 6.07) is 9.59. The van der Waals surface area contributed by atoms with Crippen LogP contribution in [-0.4, -0.2) is 0 Å². The van der Waals surface area contributed by atoms with Gasteiger partial charge >= 0.3 is 51.4 Å². The molecule has 0 aliphatic rings. The Bertz CT molecular complexity index is 259. The molecule has 0 heterocycles. The minimum absolute atomic E-state index is 0. The molecule has 3 heteroatoms. The van der Waals surface area contributed by atoms with E-state index >= 15 is 0 Å². The Kier molecular flexibility index (Phi) is 6.30. The predicted molar refractivity (Wildman–Crippen MR) is 45.0 cm³/mol. The largest absolute Gasteiger partial charge is 1.00 e. The van der Waals surface area contributed by atoms with Gasteiger partial charge in [0, 0.05) is 3.57 Å². The number of hydrogen-bond donors (Lipinski definition) is 0. The third kappa shape index (κ3) is 2.99. The Morgan fingerprint density at radius 3 is 2.40 bits per heavy atom. The summed E-state index contributed by atoms with van der Waals surface area (Å²) in [5, 5.41) is 8.46. The van der Waals surface area contributed by atoms with Gasteiger partial charge in [0.05, 0.1) is 5.56 Å². The third-order valence-corrected chi connectivity index (χ3v) is 1.93. The van der Waals surface area contributed by atoms with E-state index in [9.17, 15) is 0 Å². The van der Waals surface area contributed by atoms with Gasteiger partial charge in [0.25, 0.3) is 0 Å². The zero-order valence-electron chi connectivity index (χ0n) is 6.63. The van der Waals surface area contributed by atoms with Gasteiger partial charge in [-0.1, -0.05) is 12.1 Å². The third-order valence-electron chi connectivity index (χ3n) is 0.994. The van der Waals surface area contributed by atoms with Crippen molar-refractivity contribution in [1.82, 2.24) is 0 Å². The van der Waals surface area contributed by atoms with Crippen LogP contribution >= 0.6 is 22.6 Å². The molecule has 0 atom stereocenters. The minimum atomic E-state index is 0. The number of nitriles is 1. The van der Waals surface area contributed by atoms with Crippen molar-refractivity contribution in [3.8, 4) is 6.07 Å². The first-order chi connectivity index (χ1) is 4.34. The number of hydrogen-bond acceptors (Lipinski definition) is 1. The van der Waals surface area contributed by atoms with Crippen molar-refractivity contribution in [3.05, 3.63) is 33.4 Å². The van der Waals surface area contributed by atoms with Crippen LogP contribution in [0.2, 0.25) is 0 Å². The standard InChI is InChI=1S/C7H4IN.K.H/c8-7-4-2-1-3-6(7)5-9;;/h1-4H;;/q;+1;-1. The summed E-state index contributed by atoms with van der Waals surface area (Å²) in [5.41, 5.74) is 0.748. The summed E-state index contributed by atoms with van der Waals surface area (Å²) in [5.74, 6) is 0. The summed E-state index contributed by atoms with van der Waals surface area (Å²) in [6.45, 7) is 0. The second-order valence-corrected chi connectivity index (χ2v) is 2.75. The smallest absolute Gasteiger partial charge is 1.00 e. The molecule has 0 saturated heterocycles. The molecule has 10 heavy (non-hydrogen) atoms. The summed E-state index contributed by atoms with van der Waals surface area (Å²) in [7, 11) is 0. The van der Waals surface area contributed by atoms with Gasteiger partial charge in [-0.05, 0) is 34.7 Å². The Labute approximate surface area is 118 Å². The van der Waals surface area contributed by atoms with Crippen LogP contribution in [0.15, 0.2) is 24.3 Å². The Balaban J connectivity index is 0. The first-order valence-corrected chi connectivity index (χ1v) is 3.57. The van der Waals surface area contributed by atoms with Gasteiger partial charge in [0.1, 0.15) is 6.07 Å². The quantitative estimate of drug-likeness (QED) is 0.450. The summed E-state index contributed by atoms with van der Waals surface area (Å²) in [4.78, 5) is 0. The van der Waals surface area contributed by atoms with E-state index in [-0.39, 0.29) is 52.8 Å². The van der Waals surface area contributed by atoms with Gasteiger partial charge < -0.3 is 1.43 Å². The van der Waals surface area contributed by atoms with Gasteiger partial charge in [0.15, 0.2) is 0 Å². The molecule has 0 amide bonds. The molecule has 0 aromatic heterocycles. The van der Waals surface area contributed by atoms with E-state index in [4.69, 9.17) is 5.26 Å². The maximum absolute atomic E-state index is 8.46. The second kappa shape index (κ2) is 5.69. The fourth-order valence-electron chi connectivity index (χ4n) is 0.552. The molecule has 1 aromatic rings. The number of halogens is 1. The van der Waals surface area contributed by atoms with Crippen molar-refractivity contribution >= 4 is 22.6 Å². The normalized spacial score (nSPS) is 7.60. The van der Waals surface area contributed by atoms with E-state index in [1.807, 2.05) is 24.3 Å². The van der Waals surface area contributed by atoms with E-state index in [1.165, 1.54) is 0 Å². The molecule has 1 rings (SSSR count). The molecule has 46 valence electrons. The Hall–Kier alpha value is 1.08. The molecule has 0 fully saturated rings. The van der Waals surface area contributed by atoms with Gasteiger partial charge in [-0.3, -0.25) is 0 Å². The van der Waals surface area contributed by atoms with Gasteiger partial charge in [0.2, 0.25) is 0 Å². The average Bonchev–Trinajstić information content (AvgIpc) is 1.89. The molecule has 0 spiro atoms. The van der Waals surface area contributed by atoms with E-state index < -0.39 is 0 Å². The second-order valence-electron chi connectivity index (χ2n) is 1.59. The van der Waals surface area contributed by atoms with Crippen molar-refractivity contribution in [2.75, 3.05) is 0 Å². The fraction of sp³-hybridized carbons (Fsp3) is 0. The molecule has 0 radical (unpaired) electrons. The molecular weight excluding hydrogens is 264 g/mol. The van der Waals surface area contributed by atoms with Crippen LogP contribution in [0.1, 0.15) is 6.99 Å². The Morgan fingerprint density at radius 2 is 2.00 bits per heavy atom. The molecule has 0 saturated carbocycles. The summed E-state index contributed by atoms with van der Waals surface area (Å²) in [6.07, 6.45) is 0. The molecule has 0 aliphatic carbocycles. The molecule has 0 unspecified atom stereocenters. The van der Waals surface area contributed by atoms with E-state index in [2.05, 4.69) is 28.7 Å². The molecule has 1 nitrogen and oxygen atoms in total. The van der Waals surface area contributed by atoms with Gasteiger partial charge in [-0.15, -0.1) is 0 Å². The number of nitrogens with zero attached hydrogens (tertiary/aromatic N) is 1. The zero-order valence-corrected chi connectivity index (χ0v) is 10.9. The zero-order chi connectivity index (χ0) is 6.69. The molecule has 0 aliphatic heterocycles. The fourth-order valence-corrected chi connectivity index (χ4v) is 1.06. The van der Waals surface area contributed by atoms with Gasteiger partial charge in [-0.2, -0.15) is 5.26 Å². The van der Waals surface area contributed by atoms with Crippen LogP contribution in [0.5, 0.6) is 0 Å². The summed E-state index contributed by atoms with van der Waals surface area (Å²) >= 11 is 2.14. The van der Waals surface area contributed by atoms with Crippen molar-refractivity contribution < 1.29 is 52.8 Å². The molecular formula is C7H5IKN. The minimum Gasteiger partial charge on any atom is -1.00 e. The van der Waals surface area contributed by atoms with Crippen LogP contribution in [0.4, 0.5) is 0 Å². The summed E-state index contributed by atoms with van der Waals surface area (Å²) < 4.78 is 1.01. The van der Waals surface area contributed by atoms with Crippen molar-refractivity contribution in [2.45, 2.75) is 0 Å². The topological polar surface area (TPSA) is 23.8 Å². The van der Waals surface area contributed by atoms with Crippen LogP contribution in [0.25, 0.3) is 0 Å². The number of benzene rings is 1. The van der Waals surface area contributed by atoms with Crippen LogP contribution in [-0.2, 0) is 0 Å². The van der Waals surface area contributed by atoms with Gasteiger partial charge in [-0.25, -0.2) is 0 Å². The molecule has 0 N–H and O–H groups in total. The van der Waals surface area contributed by atoms with Crippen LogP contribution < -0.4 is 51.4 Å². The number of rotatable bonds is 0. The predicted octanol–water partition coefficient (Wildman–Crippen LogP) is -0.721. The first kappa shape index (κ1) is 11.1. The maximum Gasteiger partial charge on any atom is 1.00 e. The molecule has 0 bridgehead atoms. The Morgan fingerprint density at radius 1 is 1.40 bits per heavy atom. The molecule has 1 aromatic carbocycles. The van der Waals surface area contributed by atoms with Crippen LogP contribution in [0.3, 0.4) is 0 Å². The van der Waals surface area contributed by atoms with E-state index in [0.717, 1.165) is 9.13 Å². The maximum atomic E-state index is 8.46. The first-order valence-electron chi connectivity index (χ1n) is 2.49. The van der Waals surface area contributed by atoms with Crippen LogP contribution in [0, 0.1) is 14.9 Å². The van der Waals surface area contributed by atoms with E-state index in [0.29, 0.717) is 0 Å². The van der Waals surface area contributed by atoms with Crippen molar-refractivity contribution in [3.63, 3.8) is 0 Å². The van der Waals surface area contributed by atoms with Crippen molar-refractivity contribution in [2.24, 2.45) is 0 Å². The monoisotopic (exact) mass is 269 g/mol. The average molecular weight is 269 g/mol. The van der Waals surface area contributed by atoms with E-state index in [1.54, 1.807) is 0 Å². The van der Waals surface area contributed by atoms with Crippen molar-refractivity contribution in [1.29, 1.82) is 5.26 Å².